The van der Waals surface area contributed by atoms with Crippen molar-refractivity contribution in [2.24, 2.45) is 0 Å². The average molecular weight is 184 g/mol. The van der Waals surface area contributed by atoms with Crippen LogP contribution < -0.4 is 0 Å². The summed E-state index contributed by atoms with van der Waals surface area (Å²) < 4.78 is 1.22. The predicted octanol–water partition coefficient (Wildman–Crippen LogP) is 0.192. The fraction of sp³-hybridized carbons (Fsp3) is 0.200. The third-order valence-electron chi connectivity index (χ3n) is 1.28. The van der Waals surface area contributed by atoms with Crippen LogP contribution in [-0.2, 0) is 0 Å². The lowest BCUT2D eigenvalue weighted by Crippen LogP contribution is -2.04. The molecule has 2 aromatic rings. The quantitative estimate of drug-likeness (QED) is 0.684. The summed E-state index contributed by atoms with van der Waals surface area (Å²) in [7, 11) is 0. The lowest BCUT2D eigenvalue weighted by atomic mass is 10.6. The molecular formula is C5H4N4O2S. The Morgan fingerprint density at radius 2 is 2.33 bits per heavy atom. The first kappa shape index (κ1) is 7.17. The van der Waals surface area contributed by atoms with Crippen molar-refractivity contribution in [1.82, 2.24) is 19.8 Å². The van der Waals surface area contributed by atoms with Gasteiger partial charge in [0.15, 0.2) is 0 Å². The first-order valence-corrected chi connectivity index (χ1v) is 3.92. The lowest BCUT2D eigenvalue weighted by Gasteiger charge is -1.84. The van der Waals surface area contributed by atoms with Crippen LogP contribution in [0.5, 0.6) is 0 Å². The Hall–Kier alpha value is -1.50. The van der Waals surface area contributed by atoms with Crippen molar-refractivity contribution >= 4 is 22.3 Å². The van der Waals surface area contributed by atoms with Gasteiger partial charge in [0.1, 0.15) is 5.01 Å². The molecule has 2 rings (SSSR count). The highest BCUT2D eigenvalue weighted by molar-refractivity contribution is 7.16. The standard InChI is InChI=1S/C5H4N4O2S/c1-2-8-9-3(4(10)11)6-7-5(9)12-2/h1H3,(H,10,11). The molecule has 1 N–H and O–H groups in total. The Morgan fingerprint density at radius 3 is 3.00 bits per heavy atom. The van der Waals surface area contributed by atoms with Crippen molar-refractivity contribution in [2.75, 3.05) is 0 Å². The fourth-order valence-electron chi connectivity index (χ4n) is 0.846. The van der Waals surface area contributed by atoms with Crippen LogP contribution in [0.15, 0.2) is 0 Å². The molecule has 2 aromatic heterocycles. The number of aryl methyl sites for hydroxylation is 1. The molecule has 2 heterocycles. The second-order valence-corrected chi connectivity index (χ2v) is 3.30. The number of carboxylic acid groups (broad SMARTS) is 1. The molecule has 12 heavy (non-hydrogen) atoms. The topological polar surface area (TPSA) is 80.4 Å². The molecule has 6 nitrogen and oxygen atoms in total. The van der Waals surface area contributed by atoms with Crippen LogP contribution in [0, 0.1) is 6.92 Å². The maximum atomic E-state index is 10.5. The van der Waals surface area contributed by atoms with Gasteiger partial charge in [-0.15, -0.1) is 10.2 Å². The van der Waals surface area contributed by atoms with E-state index in [1.165, 1.54) is 15.9 Å². The summed E-state index contributed by atoms with van der Waals surface area (Å²) in [5.41, 5.74) is 0. The number of aromatic nitrogens is 4. The average Bonchev–Trinajstić information content (AvgIpc) is 2.43. The molecule has 0 spiro atoms. The van der Waals surface area contributed by atoms with E-state index in [4.69, 9.17) is 5.11 Å². The number of rotatable bonds is 1. The van der Waals surface area contributed by atoms with Crippen LogP contribution in [0.2, 0.25) is 0 Å². The van der Waals surface area contributed by atoms with Crippen molar-refractivity contribution in [3.05, 3.63) is 10.8 Å². The zero-order valence-electron chi connectivity index (χ0n) is 6.05. The summed E-state index contributed by atoms with van der Waals surface area (Å²) in [4.78, 5) is 11.0. The van der Waals surface area contributed by atoms with Gasteiger partial charge in [-0.1, -0.05) is 11.3 Å². The van der Waals surface area contributed by atoms with E-state index < -0.39 is 5.97 Å². The van der Waals surface area contributed by atoms with Gasteiger partial charge in [0.25, 0.3) is 5.82 Å². The zero-order valence-corrected chi connectivity index (χ0v) is 6.87. The molecule has 0 aliphatic carbocycles. The summed E-state index contributed by atoms with van der Waals surface area (Å²) in [6.07, 6.45) is 0. The molecule has 0 aromatic carbocycles. The Balaban J connectivity index is 2.76. The van der Waals surface area contributed by atoms with Crippen molar-refractivity contribution < 1.29 is 9.90 Å². The second-order valence-electron chi connectivity index (χ2n) is 2.14. The van der Waals surface area contributed by atoms with Crippen LogP contribution in [0.3, 0.4) is 0 Å². The summed E-state index contributed by atoms with van der Waals surface area (Å²) in [5.74, 6) is -1.26. The highest BCUT2D eigenvalue weighted by atomic mass is 32.1. The minimum atomic E-state index is -1.12. The number of nitrogens with zero attached hydrogens (tertiary/aromatic N) is 4. The van der Waals surface area contributed by atoms with Gasteiger partial charge < -0.3 is 5.11 Å². The second kappa shape index (κ2) is 2.24. The van der Waals surface area contributed by atoms with E-state index in [9.17, 15) is 4.79 Å². The molecule has 0 unspecified atom stereocenters. The van der Waals surface area contributed by atoms with Crippen LogP contribution in [0.1, 0.15) is 15.6 Å². The van der Waals surface area contributed by atoms with E-state index in [1.807, 2.05) is 0 Å². The minimum Gasteiger partial charge on any atom is -0.475 e. The van der Waals surface area contributed by atoms with Gasteiger partial charge in [0.05, 0.1) is 0 Å². The van der Waals surface area contributed by atoms with Crippen LogP contribution in [0.25, 0.3) is 4.96 Å². The first-order valence-electron chi connectivity index (χ1n) is 3.10. The first-order chi connectivity index (χ1) is 5.68. The van der Waals surface area contributed by atoms with E-state index in [0.717, 1.165) is 5.01 Å². The monoisotopic (exact) mass is 184 g/mol. The van der Waals surface area contributed by atoms with Gasteiger partial charge in [-0.25, -0.2) is 4.79 Å². The molecular weight excluding hydrogens is 180 g/mol. The molecule has 0 amide bonds. The van der Waals surface area contributed by atoms with E-state index in [-0.39, 0.29) is 5.82 Å². The third kappa shape index (κ3) is 0.866. The van der Waals surface area contributed by atoms with Gasteiger partial charge in [-0.3, -0.25) is 0 Å². The predicted molar refractivity (Wildman–Crippen MR) is 40.4 cm³/mol. The van der Waals surface area contributed by atoms with Crippen LogP contribution >= 0.6 is 11.3 Å². The largest absolute Gasteiger partial charge is 0.475 e. The van der Waals surface area contributed by atoms with Crippen LogP contribution in [-0.4, -0.2) is 30.9 Å². The van der Waals surface area contributed by atoms with E-state index in [1.54, 1.807) is 6.92 Å². The molecule has 0 aliphatic heterocycles. The Labute approximate surface area is 70.5 Å². The van der Waals surface area contributed by atoms with Gasteiger partial charge in [0, 0.05) is 0 Å². The molecule has 0 saturated carbocycles. The Bertz CT molecular complexity index is 445. The van der Waals surface area contributed by atoms with Gasteiger partial charge in [-0.2, -0.15) is 9.61 Å². The maximum absolute atomic E-state index is 10.5. The molecule has 0 radical (unpaired) electrons. The van der Waals surface area contributed by atoms with E-state index in [0.29, 0.717) is 4.96 Å². The van der Waals surface area contributed by atoms with Crippen molar-refractivity contribution in [1.29, 1.82) is 0 Å². The minimum absolute atomic E-state index is 0.144. The van der Waals surface area contributed by atoms with E-state index >= 15 is 0 Å². The molecule has 0 fully saturated rings. The molecule has 0 aliphatic rings. The zero-order chi connectivity index (χ0) is 8.72. The van der Waals surface area contributed by atoms with Gasteiger partial charge in [0.2, 0.25) is 4.96 Å². The van der Waals surface area contributed by atoms with Gasteiger partial charge >= 0.3 is 5.97 Å². The van der Waals surface area contributed by atoms with Gasteiger partial charge in [-0.05, 0) is 6.92 Å². The Morgan fingerprint density at radius 1 is 1.58 bits per heavy atom. The summed E-state index contributed by atoms with van der Waals surface area (Å²) >= 11 is 1.31. The molecule has 0 atom stereocenters. The third-order valence-corrected chi connectivity index (χ3v) is 2.10. The Kier molecular flexibility index (Phi) is 1.34. The number of aromatic carboxylic acids is 1. The molecule has 0 saturated heterocycles. The maximum Gasteiger partial charge on any atom is 0.375 e. The van der Waals surface area contributed by atoms with E-state index in [2.05, 4.69) is 15.3 Å². The normalized spacial score (nSPS) is 10.8. The number of carboxylic acids is 1. The highest BCUT2D eigenvalue weighted by Gasteiger charge is 2.15. The number of hydrogen-bond donors (Lipinski definition) is 1. The number of hydrogen-bond acceptors (Lipinski definition) is 5. The molecule has 62 valence electrons. The highest BCUT2D eigenvalue weighted by Crippen LogP contribution is 2.11. The smallest absolute Gasteiger partial charge is 0.375 e. The lowest BCUT2D eigenvalue weighted by molar-refractivity contribution is 0.0680. The van der Waals surface area contributed by atoms with Crippen molar-refractivity contribution in [3.8, 4) is 0 Å². The summed E-state index contributed by atoms with van der Waals surface area (Å²) in [6, 6.07) is 0. The number of fused-ring (bicyclic) bond motifs is 1. The fourth-order valence-corrected chi connectivity index (χ4v) is 1.53. The SMILES string of the molecule is Cc1nn2c(C(=O)O)nnc2s1. The van der Waals surface area contributed by atoms with Crippen LogP contribution in [0.4, 0.5) is 0 Å². The summed E-state index contributed by atoms with van der Waals surface area (Å²) in [6.45, 7) is 1.78. The van der Waals surface area contributed by atoms with Crippen molar-refractivity contribution in [3.63, 3.8) is 0 Å². The summed E-state index contributed by atoms with van der Waals surface area (Å²) in [5, 5.41) is 20.4. The van der Waals surface area contributed by atoms with Crippen molar-refractivity contribution in [2.45, 2.75) is 6.92 Å². The molecule has 7 heteroatoms. The molecule has 0 bridgehead atoms. The number of carbonyl (C=O) groups is 1.